The lowest BCUT2D eigenvalue weighted by atomic mass is 10.1. The Balaban J connectivity index is 1.61. The monoisotopic (exact) mass is 285 g/mol. The van der Waals surface area contributed by atoms with Crippen LogP contribution in [0.4, 0.5) is 0 Å². The Morgan fingerprint density at radius 1 is 1.25 bits per heavy atom. The minimum absolute atomic E-state index is 0.113. The van der Waals surface area contributed by atoms with Crippen LogP contribution in [0, 0.1) is 0 Å². The van der Waals surface area contributed by atoms with E-state index in [0.29, 0.717) is 13.0 Å². The predicted molar refractivity (Wildman–Crippen MR) is 65.8 cm³/mol. The highest BCUT2D eigenvalue weighted by Gasteiger charge is 2.49. The van der Waals surface area contributed by atoms with Gasteiger partial charge in [0.05, 0.1) is 13.2 Å². The second kappa shape index (κ2) is 5.31. The molecule has 3 aliphatic rings. The molecule has 0 aliphatic carbocycles. The number of hydrogen-bond acceptors (Lipinski definition) is 6. The molecule has 7 heteroatoms. The number of esters is 1. The van der Waals surface area contributed by atoms with Crippen molar-refractivity contribution in [1.29, 1.82) is 0 Å². The molecule has 0 spiro atoms. The smallest absolute Gasteiger partial charge is 0.329 e. The van der Waals surface area contributed by atoms with E-state index >= 15 is 0 Å². The van der Waals surface area contributed by atoms with Gasteiger partial charge in [0.25, 0.3) is 0 Å². The van der Waals surface area contributed by atoms with Gasteiger partial charge in [-0.1, -0.05) is 0 Å². The molecule has 3 aliphatic heterocycles. The summed E-state index contributed by atoms with van der Waals surface area (Å²) in [5.41, 5.74) is 0. The lowest BCUT2D eigenvalue weighted by Gasteiger charge is -2.24. The number of rotatable bonds is 2. The van der Waals surface area contributed by atoms with Gasteiger partial charge in [-0.05, 0) is 12.8 Å². The van der Waals surface area contributed by atoms with Crippen LogP contribution in [-0.2, 0) is 23.8 Å². The van der Waals surface area contributed by atoms with Crippen LogP contribution >= 0.6 is 0 Å². The van der Waals surface area contributed by atoms with Gasteiger partial charge in [-0.15, -0.1) is 0 Å². The van der Waals surface area contributed by atoms with Gasteiger partial charge in [0, 0.05) is 13.5 Å². The molecule has 0 saturated carbocycles. The fraction of sp³-hybridized carbons (Fsp3) is 0.846. The molecule has 20 heavy (non-hydrogen) atoms. The van der Waals surface area contributed by atoms with Crippen LogP contribution < -0.4 is 0 Å². The number of ether oxygens (including phenoxy) is 3. The first-order chi connectivity index (χ1) is 9.58. The molecule has 0 aromatic heterocycles. The van der Waals surface area contributed by atoms with E-state index in [2.05, 4.69) is 0 Å². The lowest BCUT2D eigenvalue weighted by Crippen LogP contribution is -2.43. The van der Waals surface area contributed by atoms with Crippen molar-refractivity contribution in [3.05, 3.63) is 0 Å². The van der Waals surface area contributed by atoms with Crippen molar-refractivity contribution in [2.45, 2.75) is 50.2 Å². The Kier molecular flexibility index (Phi) is 3.66. The van der Waals surface area contributed by atoms with Crippen molar-refractivity contribution in [2.75, 3.05) is 19.8 Å². The van der Waals surface area contributed by atoms with Gasteiger partial charge in [0.2, 0.25) is 5.91 Å². The number of amides is 1. The minimum Gasteiger partial charge on any atom is -0.455 e. The Morgan fingerprint density at radius 3 is 2.75 bits per heavy atom. The number of aliphatic hydroxyl groups is 1. The minimum atomic E-state index is -0.663. The van der Waals surface area contributed by atoms with Gasteiger partial charge in [-0.3, -0.25) is 4.79 Å². The third kappa shape index (κ3) is 2.30. The van der Waals surface area contributed by atoms with Crippen LogP contribution in [0.1, 0.15) is 19.8 Å². The van der Waals surface area contributed by atoms with Crippen LogP contribution in [0.3, 0.4) is 0 Å². The van der Waals surface area contributed by atoms with E-state index in [0.717, 1.165) is 6.42 Å². The zero-order chi connectivity index (χ0) is 14.3. The maximum absolute atomic E-state index is 12.2. The predicted octanol–water partition coefficient (Wildman–Crippen LogP) is -0.932. The Bertz CT molecular complexity index is 414. The highest BCUT2D eigenvalue weighted by atomic mass is 16.6. The summed E-state index contributed by atoms with van der Waals surface area (Å²) in [7, 11) is 0. The fourth-order valence-corrected chi connectivity index (χ4v) is 3.16. The zero-order valence-electron chi connectivity index (χ0n) is 11.4. The summed E-state index contributed by atoms with van der Waals surface area (Å²) in [5, 5.41) is 9.63. The molecular weight excluding hydrogens is 266 g/mol. The number of nitrogens with zero attached hydrogens (tertiary/aromatic N) is 1. The molecular formula is C13H19NO6. The highest BCUT2D eigenvalue weighted by Crippen LogP contribution is 2.30. The van der Waals surface area contributed by atoms with Crippen LogP contribution in [0.15, 0.2) is 0 Å². The summed E-state index contributed by atoms with van der Waals surface area (Å²) in [6.07, 6.45) is -0.546. The Labute approximate surface area is 116 Å². The van der Waals surface area contributed by atoms with Gasteiger partial charge in [0.15, 0.2) is 6.10 Å². The first-order valence-corrected chi connectivity index (χ1v) is 6.97. The van der Waals surface area contributed by atoms with Crippen molar-refractivity contribution in [3.8, 4) is 0 Å². The molecule has 1 N–H and O–H groups in total. The van der Waals surface area contributed by atoms with Crippen molar-refractivity contribution in [3.63, 3.8) is 0 Å². The van der Waals surface area contributed by atoms with E-state index in [9.17, 15) is 14.7 Å². The van der Waals surface area contributed by atoms with Crippen molar-refractivity contribution in [2.24, 2.45) is 0 Å². The van der Waals surface area contributed by atoms with Gasteiger partial charge in [0.1, 0.15) is 24.4 Å². The first-order valence-electron chi connectivity index (χ1n) is 6.97. The number of aliphatic hydroxyl groups excluding tert-OH is 1. The van der Waals surface area contributed by atoms with E-state index < -0.39 is 36.4 Å². The third-order valence-corrected chi connectivity index (χ3v) is 4.18. The van der Waals surface area contributed by atoms with E-state index in [-0.39, 0.29) is 19.1 Å². The lowest BCUT2D eigenvalue weighted by molar-refractivity contribution is -0.161. The first kappa shape index (κ1) is 13.8. The SMILES string of the molecule is CC(=O)N1CCCC1C(=O)OC1COC2C(O)COC12. The molecule has 0 aromatic carbocycles. The number of likely N-dealkylation sites (tertiary alicyclic amines) is 1. The van der Waals surface area contributed by atoms with Crippen LogP contribution in [0.25, 0.3) is 0 Å². The Hall–Kier alpha value is -1.18. The number of fused-ring (bicyclic) bond motifs is 1. The molecule has 1 amide bonds. The van der Waals surface area contributed by atoms with Crippen LogP contribution in [-0.4, -0.2) is 72.1 Å². The molecule has 5 atom stereocenters. The maximum Gasteiger partial charge on any atom is 0.329 e. The average molecular weight is 285 g/mol. The average Bonchev–Trinajstić information content (AvgIpc) is 3.08. The Morgan fingerprint density at radius 2 is 2.00 bits per heavy atom. The highest BCUT2D eigenvalue weighted by molar-refractivity contribution is 5.84. The summed E-state index contributed by atoms with van der Waals surface area (Å²) in [6, 6.07) is -0.502. The molecule has 112 valence electrons. The molecule has 3 fully saturated rings. The molecule has 5 unspecified atom stereocenters. The van der Waals surface area contributed by atoms with Gasteiger partial charge in [-0.2, -0.15) is 0 Å². The molecule has 3 heterocycles. The molecule has 3 saturated heterocycles. The second-order valence-corrected chi connectivity index (χ2v) is 5.51. The molecule has 0 radical (unpaired) electrons. The summed E-state index contributed by atoms with van der Waals surface area (Å²) >= 11 is 0. The van der Waals surface area contributed by atoms with Crippen molar-refractivity contribution >= 4 is 11.9 Å². The summed E-state index contributed by atoms with van der Waals surface area (Å²) in [6.45, 7) is 2.48. The van der Waals surface area contributed by atoms with Crippen LogP contribution in [0.2, 0.25) is 0 Å². The van der Waals surface area contributed by atoms with E-state index in [1.807, 2.05) is 0 Å². The summed E-state index contributed by atoms with van der Waals surface area (Å²) in [5.74, 6) is -0.519. The number of hydrogen-bond donors (Lipinski definition) is 1. The summed E-state index contributed by atoms with van der Waals surface area (Å²) in [4.78, 5) is 25.2. The van der Waals surface area contributed by atoms with Crippen molar-refractivity contribution in [1.82, 2.24) is 4.90 Å². The van der Waals surface area contributed by atoms with Gasteiger partial charge in [-0.25, -0.2) is 4.79 Å². The third-order valence-electron chi connectivity index (χ3n) is 4.18. The number of carbonyl (C=O) groups excluding carboxylic acids is 2. The van der Waals surface area contributed by atoms with Gasteiger partial charge < -0.3 is 24.2 Å². The van der Waals surface area contributed by atoms with Crippen molar-refractivity contribution < 1.29 is 28.9 Å². The molecule has 0 aromatic rings. The molecule has 3 rings (SSSR count). The quantitative estimate of drug-likeness (QED) is 0.660. The fourth-order valence-electron chi connectivity index (χ4n) is 3.16. The molecule has 0 bridgehead atoms. The topological polar surface area (TPSA) is 85.3 Å². The summed E-state index contributed by atoms with van der Waals surface area (Å²) < 4.78 is 16.3. The molecule has 7 nitrogen and oxygen atoms in total. The maximum atomic E-state index is 12.2. The second-order valence-electron chi connectivity index (χ2n) is 5.51. The van der Waals surface area contributed by atoms with E-state index in [1.54, 1.807) is 4.90 Å². The number of carbonyl (C=O) groups is 2. The normalized spacial score (nSPS) is 39.9. The van der Waals surface area contributed by atoms with Gasteiger partial charge >= 0.3 is 5.97 Å². The largest absolute Gasteiger partial charge is 0.455 e. The standard InChI is InChI=1S/C13H19NO6/c1-7(15)14-4-2-3-8(14)13(17)20-10-6-19-11-9(16)5-18-12(10)11/h8-12,16H,2-6H2,1H3. The zero-order valence-corrected chi connectivity index (χ0v) is 11.4. The van der Waals surface area contributed by atoms with E-state index in [1.165, 1.54) is 6.92 Å². The van der Waals surface area contributed by atoms with Crippen LogP contribution in [0.5, 0.6) is 0 Å². The van der Waals surface area contributed by atoms with E-state index in [4.69, 9.17) is 14.2 Å².